The maximum absolute atomic E-state index is 13.2. The third kappa shape index (κ3) is 4.37. The SMILES string of the molecule is Cc1nn(C)c2[nH]c(=O)c(CCC(=O)NCC(=O)Nc3ccc(F)c(F)c3)c(C)c12. The van der Waals surface area contributed by atoms with E-state index in [0.29, 0.717) is 11.2 Å². The zero-order valence-electron chi connectivity index (χ0n) is 16.7. The summed E-state index contributed by atoms with van der Waals surface area (Å²) in [6.07, 6.45) is 0.204. The van der Waals surface area contributed by atoms with E-state index in [1.54, 1.807) is 11.7 Å². The first-order valence-corrected chi connectivity index (χ1v) is 9.24. The van der Waals surface area contributed by atoms with Crippen LogP contribution in [0.5, 0.6) is 0 Å². The quantitative estimate of drug-likeness (QED) is 0.569. The molecule has 0 aliphatic heterocycles. The molecular weight excluding hydrogens is 396 g/mol. The van der Waals surface area contributed by atoms with Crippen LogP contribution in [0.25, 0.3) is 11.0 Å². The molecule has 2 aromatic heterocycles. The summed E-state index contributed by atoms with van der Waals surface area (Å²) < 4.78 is 27.7. The number of aryl methyl sites for hydroxylation is 3. The van der Waals surface area contributed by atoms with Gasteiger partial charge < -0.3 is 15.6 Å². The van der Waals surface area contributed by atoms with Gasteiger partial charge in [0.25, 0.3) is 5.56 Å². The average molecular weight is 417 g/mol. The lowest BCUT2D eigenvalue weighted by atomic mass is 10.0. The van der Waals surface area contributed by atoms with Crippen LogP contribution in [0, 0.1) is 25.5 Å². The van der Waals surface area contributed by atoms with Crippen molar-refractivity contribution in [2.75, 3.05) is 11.9 Å². The maximum Gasteiger partial charge on any atom is 0.253 e. The van der Waals surface area contributed by atoms with Crippen LogP contribution in [0.3, 0.4) is 0 Å². The van der Waals surface area contributed by atoms with Gasteiger partial charge in [-0.15, -0.1) is 0 Å². The van der Waals surface area contributed by atoms with E-state index >= 15 is 0 Å². The Labute approximate surface area is 170 Å². The van der Waals surface area contributed by atoms with Crippen molar-refractivity contribution in [3.8, 4) is 0 Å². The second-order valence-electron chi connectivity index (χ2n) is 6.94. The molecule has 0 bridgehead atoms. The summed E-state index contributed by atoms with van der Waals surface area (Å²) in [5, 5.41) is 9.95. The number of carbonyl (C=O) groups is 2. The number of nitrogens with zero attached hydrogens (tertiary/aromatic N) is 2. The summed E-state index contributed by atoms with van der Waals surface area (Å²) in [5.41, 5.74) is 2.45. The van der Waals surface area contributed by atoms with Gasteiger partial charge in [0.1, 0.15) is 5.65 Å². The van der Waals surface area contributed by atoms with Crippen molar-refractivity contribution in [3.05, 3.63) is 57.0 Å². The number of hydrogen-bond acceptors (Lipinski definition) is 4. The minimum Gasteiger partial charge on any atom is -0.347 e. The topological polar surface area (TPSA) is 109 Å². The van der Waals surface area contributed by atoms with Crippen molar-refractivity contribution >= 4 is 28.5 Å². The molecule has 0 radical (unpaired) electrons. The second kappa shape index (κ2) is 8.44. The maximum atomic E-state index is 13.2. The van der Waals surface area contributed by atoms with Crippen LogP contribution < -0.4 is 16.2 Å². The molecule has 0 saturated heterocycles. The number of aromatic nitrogens is 3. The average Bonchev–Trinajstić information content (AvgIpc) is 2.96. The Morgan fingerprint density at radius 1 is 1.17 bits per heavy atom. The molecule has 1 aromatic carbocycles. The molecule has 8 nitrogen and oxygen atoms in total. The molecule has 158 valence electrons. The summed E-state index contributed by atoms with van der Waals surface area (Å²) in [4.78, 5) is 39.2. The monoisotopic (exact) mass is 417 g/mol. The first-order chi connectivity index (χ1) is 14.2. The van der Waals surface area contributed by atoms with Gasteiger partial charge in [-0.1, -0.05) is 0 Å². The van der Waals surface area contributed by atoms with Gasteiger partial charge in [-0.2, -0.15) is 5.10 Å². The van der Waals surface area contributed by atoms with Crippen molar-refractivity contribution < 1.29 is 18.4 Å². The van der Waals surface area contributed by atoms with E-state index in [2.05, 4.69) is 20.7 Å². The predicted molar refractivity (Wildman–Crippen MR) is 107 cm³/mol. The minimum atomic E-state index is -1.08. The van der Waals surface area contributed by atoms with E-state index in [0.717, 1.165) is 28.8 Å². The molecule has 30 heavy (non-hydrogen) atoms. The summed E-state index contributed by atoms with van der Waals surface area (Å²) in [5.74, 6) is -3.11. The number of aromatic amines is 1. The third-order valence-corrected chi connectivity index (χ3v) is 4.81. The van der Waals surface area contributed by atoms with E-state index in [4.69, 9.17) is 0 Å². The van der Waals surface area contributed by atoms with Crippen molar-refractivity contribution in [2.45, 2.75) is 26.7 Å². The predicted octanol–water partition coefficient (Wildman–Crippen LogP) is 1.84. The second-order valence-corrected chi connectivity index (χ2v) is 6.94. The number of fused-ring (bicyclic) bond motifs is 1. The highest BCUT2D eigenvalue weighted by molar-refractivity contribution is 5.94. The molecule has 0 atom stereocenters. The standard InChI is InChI=1S/C20H21F2N5O3/c1-10-13(20(30)25-19-18(10)11(2)26-27(19)3)5-7-16(28)23-9-17(29)24-12-4-6-14(21)15(22)8-12/h4,6,8H,5,7,9H2,1-3H3,(H,23,28)(H,24,29)(H,25,30). The largest absolute Gasteiger partial charge is 0.347 e. The Bertz CT molecular complexity index is 1200. The first-order valence-electron chi connectivity index (χ1n) is 9.24. The third-order valence-electron chi connectivity index (χ3n) is 4.81. The zero-order chi connectivity index (χ0) is 22.0. The summed E-state index contributed by atoms with van der Waals surface area (Å²) >= 11 is 0. The lowest BCUT2D eigenvalue weighted by Crippen LogP contribution is -2.33. The van der Waals surface area contributed by atoms with Gasteiger partial charge in [0.15, 0.2) is 11.6 Å². The van der Waals surface area contributed by atoms with E-state index < -0.39 is 23.4 Å². The first kappa shape index (κ1) is 21.2. The summed E-state index contributed by atoms with van der Waals surface area (Å²) in [6.45, 7) is 3.32. The highest BCUT2D eigenvalue weighted by Crippen LogP contribution is 2.21. The molecule has 0 unspecified atom stereocenters. The number of hydrogen-bond donors (Lipinski definition) is 3. The van der Waals surface area contributed by atoms with Gasteiger partial charge in [-0.3, -0.25) is 19.1 Å². The van der Waals surface area contributed by atoms with Crippen LogP contribution in [0.1, 0.15) is 23.2 Å². The van der Waals surface area contributed by atoms with Crippen molar-refractivity contribution in [1.82, 2.24) is 20.1 Å². The fraction of sp³-hybridized carbons (Fsp3) is 0.300. The van der Waals surface area contributed by atoms with Gasteiger partial charge in [-0.25, -0.2) is 8.78 Å². The molecule has 0 aliphatic rings. The molecule has 3 rings (SSSR count). The molecular formula is C20H21F2N5O3. The molecule has 0 fully saturated rings. The van der Waals surface area contributed by atoms with Crippen molar-refractivity contribution in [1.29, 1.82) is 0 Å². The Balaban J connectivity index is 1.58. The minimum absolute atomic E-state index is 0.00714. The number of anilines is 1. The molecule has 0 spiro atoms. The Morgan fingerprint density at radius 3 is 2.60 bits per heavy atom. The zero-order valence-corrected chi connectivity index (χ0v) is 16.7. The number of halogens is 2. The Hall–Kier alpha value is -3.56. The molecule has 0 saturated carbocycles. The number of amides is 2. The van der Waals surface area contributed by atoms with E-state index in [9.17, 15) is 23.2 Å². The van der Waals surface area contributed by atoms with Crippen LogP contribution in [0.15, 0.2) is 23.0 Å². The number of H-pyrrole nitrogens is 1. The Morgan fingerprint density at radius 2 is 1.90 bits per heavy atom. The summed E-state index contributed by atoms with van der Waals surface area (Å²) in [7, 11) is 1.74. The fourth-order valence-corrected chi connectivity index (χ4v) is 3.34. The summed E-state index contributed by atoms with van der Waals surface area (Å²) in [6, 6.07) is 2.95. The van der Waals surface area contributed by atoms with Crippen LogP contribution in [-0.4, -0.2) is 33.1 Å². The molecule has 3 N–H and O–H groups in total. The molecule has 2 heterocycles. The van der Waals surface area contributed by atoms with E-state index in [-0.39, 0.29) is 30.6 Å². The lowest BCUT2D eigenvalue weighted by Gasteiger charge is -2.09. The van der Waals surface area contributed by atoms with Gasteiger partial charge in [0, 0.05) is 36.2 Å². The molecule has 3 aromatic rings. The Kier molecular flexibility index (Phi) is 5.95. The van der Waals surface area contributed by atoms with E-state index in [1.165, 1.54) is 6.07 Å². The highest BCUT2D eigenvalue weighted by atomic mass is 19.2. The van der Waals surface area contributed by atoms with Crippen LogP contribution >= 0.6 is 0 Å². The number of pyridine rings is 1. The van der Waals surface area contributed by atoms with Gasteiger partial charge >= 0.3 is 0 Å². The van der Waals surface area contributed by atoms with Gasteiger partial charge in [-0.05, 0) is 38.0 Å². The number of benzene rings is 1. The smallest absolute Gasteiger partial charge is 0.253 e. The van der Waals surface area contributed by atoms with Crippen LogP contribution in [0.4, 0.5) is 14.5 Å². The molecule has 2 amide bonds. The molecule has 10 heteroatoms. The normalized spacial score (nSPS) is 11.0. The van der Waals surface area contributed by atoms with Gasteiger partial charge in [0.05, 0.1) is 12.2 Å². The fourth-order valence-electron chi connectivity index (χ4n) is 3.34. The van der Waals surface area contributed by atoms with Crippen LogP contribution in [0.2, 0.25) is 0 Å². The van der Waals surface area contributed by atoms with E-state index in [1.807, 2.05) is 13.8 Å². The highest BCUT2D eigenvalue weighted by Gasteiger charge is 2.16. The van der Waals surface area contributed by atoms with Crippen molar-refractivity contribution in [3.63, 3.8) is 0 Å². The number of rotatable bonds is 6. The van der Waals surface area contributed by atoms with Crippen molar-refractivity contribution in [2.24, 2.45) is 7.05 Å². The van der Waals surface area contributed by atoms with Gasteiger partial charge in [0.2, 0.25) is 11.8 Å². The lowest BCUT2D eigenvalue weighted by molar-refractivity contribution is -0.124. The van der Waals surface area contributed by atoms with Crippen LogP contribution in [-0.2, 0) is 23.1 Å². The number of carbonyl (C=O) groups excluding carboxylic acids is 2. The number of nitrogens with one attached hydrogen (secondary N) is 3. The molecule has 0 aliphatic carbocycles.